The van der Waals surface area contributed by atoms with E-state index in [1.807, 2.05) is 6.92 Å². The second-order valence-electron chi connectivity index (χ2n) is 3.84. The fourth-order valence-corrected chi connectivity index (χ4v) is 2.28. The summed E-state index contributed by atoms with van der Waals surface area (Å²) in [6.45, 7) is 1.86. The van der Waals surface area contributed by atoms with E-state index in [2.05, 4.69) is 20.9 Å². The maximum Gasteiger partial charge on any atom is 0.180 e. The van der Waals surface area contributed by atoms with E-state index in [9.17, 15) is 4.39 Å². The average molecular weight is 341 g/mol. The summed E-state index contributed by atoms with van der Waals surface area (Å²) in [6.07, 6.45) is 1.53. The molecule has 0 aliphatic heterocycles. The number of thiocarbonyl (C=S) groups is 1. The maximum atomic E-state index is 14.1. The van der Waals surface area contributed by atoms with Crippen LogP contribution in [0.2, 0.25) is 0 Å². The molecule has 6 heteroatoms. The van der Waals surface area contributed by atoms with Crippen LogP contribution in [-0.4, -0.2) is 9.97 Å². The molecule has 0 aliphatic carbocycles. The molecule has 98 valence electrons. The molecule has 0 unspecified atom stereocenters. The number of nitrogens with zero attached hydrogens (tertiary/aromatic N) is 1. The van der Waals surface area contributed by atoms with E-state index in [1.54, 1.807) is 18.2 Å². The molecule has 0 radical (unpaired) electrons. The van der Waals surface area contributed by atoms with Crippen molar-refractivity contribution in [1.29, 1.82) is 0 Å². The molecule has 19 heavy (non-hydrogen) atoms. The van der Waals surface area contributed by atoms with E-state index in [0.29, 0.717) is 11.3 Å². The highest BCUT2D eigenvalue weighted by atomic mass is 79.9. The summed E-state index contributed by atoms with van der Waals surface area (Å²) in [5.74, 6) is -0.0112. The molecule has 2 rings (SSSR count). The van der Waals surface area contributed by atoms with Gasteiger partial charge in [0.15, 0.2) is 11.6 Å². The molecule has 2 N–H and O–H groups in total. The summed E-state index contributed by atoms with van der Waals surface area (Å²) in [5.41, 5.74) is 6.78. The highest BCUT2D eigenvalue weighted by Crippen LogP contribution is 2.31. The average Bonchev–Trinajstić information content (AvgIpc) is 2.37. The zero-order valence-corrected chi connectivity index (χ0v) is 12.4. The summed E-state index contributed by atoms with van der Waals surface area (Å²) in [4.78, 5) is 4.19. The predicted molar refractivity (Wildman–Crippen MR) is 79.0 cm³/mol. The summed E-state index contributed by atoms with van der Waals surface area (Å²) in [6, 6.07) is 6.59. The van der Waals surface area contributed by atoms with Crippen molar-refractivity contribution in [2.45, 2.75) is 6.92 Å². The Morgan fingerprint density at radius 3 is 2.68 bits per heavy atom. The third-order valence-electron chi connectivity index (χ3n) is 2.42. The van der Waals surface area contributed by atoms with Gasteiger partial charge in [-0.1, -0.05) is 12.2 Å². The minimum Gasteiger partial charge on any atom is -0.453 e. The Hall–Kier alpha value is -1.53. The van der Waals surface area contributed by atoms with Gasteiger partial charge in [-0.3, -0.25) is 4.98 Å². The quantitative estimate of drug-likeness (QED) is 0.865. The van der Waals surface area contributed by atoms with Gasteiger partial charge in [0.05, 0.1) is 10.7 Å². The van der Waals surface area contributed by atoms with Crippen LogP contribution in [0.25, 0.3) is 0 Å². The molecule has 0 amide bonds. The number of pyridine rings is 1. The second kappa shape index (κ2) is 5.63. The van der Waals surface area contributed by atoms with E-state index >= 15 is 0 Å². The first kappa shape index (κ1) is 13.9. The molecule has 0 spiro atoms. The maximum absolute atomic E-state index is 14.1. The Labute approximate surface area is 123 Å². The number of hydrogen-bond donors (Lipinski definition) is 1. The number of aryl methyl sites for hydroxylation is 1. The van der Waals surface area contributed by atoms with E-state index < -0.39 is 5.82 Å². The molecule has 2 aromatic rings. The number of rotatable bonds is 3. The SMILES string of the molecule is Cc1ccc(Oc2ccc(C(N)=S)c(Br)c2F)cn1. The summed E-state index contributed by atoms with van der Waals surface area (Å²) in [7, 11) is 0. The minimum atomic E-state index is -0.550. The summed E-state index contributed by atoms with van der Waals surface area (Å²) in [5, 5.41) is 0. The van der Waals surface area contributed by atoms with E-state index in [4.69, 9.17) is 22.7 Å². The van der Waals surface area contributed by atoms with Gasteiger partial charge in [-0.25, -0.2) is 4.39 Å². The molecular formula is C13H10BrFN2OS. The Morgan fingerprint density at radius 1 is 1.37 bits per heavy atom. The van der Waals surface area contributed by atoms with Crippen LogP contribution in [0.3, 0.4) is 0 Å². The first-order valence-electron chi connectivity index (χ1n) is 5.37. The monoisotopic (exact) mass is 340 g/mol. The van der Waals surface area contributed by atoms with Gasteiger partial charge in [-0.15, -0.1) is 0 Å². The number of halogens is 2. The van der Waals surface area contributed by atoms with Crippen molar-refractivity contribution in [2.24, 2.45) is 5.73 Å². The predicted octanol–water partition coefficient (Wildman–Crippen LogP) is 3.72. The van der Waals surface area contributed by atoms with Gasteiger partial charge in [0.1, 0.15) is 10.7 Å². The van der Waals surface area contributed by atoms with Crippen LogP contribution in [0.1, 0.15) is 11.3 Å². The Kier molecular flexibility index (Phi) is 4.11. The number of aromatic nitrogens is 1. The molecule has 0 fully saturated rings. The van der Waals surface area contributed by atoms with Crippen molar-refractivity contribution in [1.82, 2.24) is 4.98 Å². The van der Waals surface area contributed by atoms with Crippen LogP contribution in [0.4, 0.5) is 4.39 Å². The number of nitrogens with two attached hydrogens (primary N) is 1. The zero-order chi connectivity index (χ0) is 14.0. The highest BCUT2D eigenvalue weighted by Gasteiger charge is 2.14. The summed E-state index contributed by atoms with van der Waals surface area (Å²) >= 11 is 7.95. The van der Waals surface area contributed by atoms with Crippen molar-refractivity contribution in [3.8, 4) is 11.5 Å². The highest BCUT2D eigenvalue weighted by molar-refractivity contribution is 9.10. The van der Waals surface area contributed by atoms with Gasteiger partial charge < -0.3 is 10.5 Å². The van der Waals surface area contributed by atoms with Crippen molar-refractivity contribution < 1.29 is 9.13 Å². The Balaban J connectivity index is 2.34. The van der Waals surface area contributed by atoms with Gasteiger partial charge in [0.25, 0.3) is 0 Å². The first-order chi connectivity index (χ1) is 8.99. The van der Waals surface area contributed by atoms with E-state index in [-0.39, 0.29) is 15.2 Å². The largest absolute Gasteiger partial charge is 0.453 e. The van der Waals surface area contributed by atoms with Gasteiger partial charge in [0, 0.05) is 11.3 Å². The molecular weight excluding hydrogens is 331 g/mol. The van der Waals surface area contributed by atoms with Crippen molar-refractivity contribution >= 4 is 33.1 Å². The first-order valence-corrected chi connectivity index (χ1v) is 6.57. The third kappa shape index (κ3) is 3.08. The smallest absolute Gasteiger partial charge is 0.180 e. The molecule has 0 bridgehead atoms. The molecule has 0 aliphatic rings. The Bertz CT molecular complexity index is 631. The third-order valence-corrected chi connectivity index (χ3v) is 3.42. The molecule has 1 aromatic carbocycles. The van der Waals surface area contributed by atoms with Gasteiger partial charge >= 0.3 is 0 Å². The molecule has 1 heterocycles. The molecule has 1 aromatic heterocycles. The fraction of sp³-hybridized carbons (Fsp3) is 0.0769. The summed E-state index contributed by atoms with van der Waals surface area (Å²) < 4.78 is 19.7. The molecule has 0 saturated heterocycles. The standard InChI is InChI=1S/C13H10BrFN2OS/c1-7-2-3-8(6-17-7)18-10-5-4-9(13(16)19)11(14)12(10)15/h2-6H,1H3,(H2,16,19). The van der Waals surface area contributed by atoms with Crippen LogP contribution < -0.4 is 10.5 Å². The lowest BCUT2D eigenvalue weighted by atomic mass is 10.2. The van der Waals surface area contributed by atoms with Crippen LogP contribution >= 0.6 is 28.1 Å². The number of hydrogen-bond acceptors (Lipinski definition) is 3. The fourth-order valence-electron chi connectivity index (χ4n) is 1.44. The zero-order valence-electron chi connectivity index (χ0n) is 9.98. The number of ether oxygens (including phenoxy) is 1. The lowest BCUT2D eigenvalue weighted by Crippen LogP contribution is -2.11. The van der Waals surface area contributed by atoms with Crippen LogP contribution in [-0.2, 0) is 0 Å². The lowest BCUT2D eigenvalue weighted by molar-refractivity contribution is 0.438. The van der Waals surface area contributed by atoms with Gasteiger partial charge in [-0.2, -0.15) is 0 Å². The molecule has 3 nitrogen and oxygen atoms in total. The van der Waals surface area contributed by atoms with Crippen LogP contribution in [0.15, 0.2) is 34.9 Å². The van der Waals surface area contributed by atoms with Gasteiger partial charge in [0.2, 0.25) is 0 Å². The van der Waals surface area contributed by atoms with Crippen LogP contribution in [0.5, 0.6) is 11.5 Å². The minimum absolute atomic E-state index is 0.0810. The number of benzene rings is 1. The Morgan fingerprint density at radius 2 is 2.11 bits per heavy atom. The normalized spacial score (nSPS) is 10.3. The lowest BCUT2D eigenvalue weighted by Gasteiger charge is -2.10. The van der Waals surface area contributed by atoms with Crippen molar-refractivity contribution in [2.75, 3.05) is 0 Å². The van der Waals surface area contributed by atoms with E-state index in [1.165, 1.54) is 12.3 Å². The molecule has 0 atom stereocenters. The van der Waals surface area contributed by atoms with E-state index in [0.717, 1.165) is 5.69 Å². The molecule has 0 saturated carbocycles. The topological polar surface area (TPSA) is 48.1 Å². The second-order valence-corrected chi connectivity index (χ2v) is 5.07. The van der Waals surface area contributed by atoms with Crippen LogP contribution in [0, 0.1) is 12.7 Å². The van der Waals surface area contributed by atoms with Gasteiger partial charge in [-0.05, 0) is 47.1 Å². The van der Waals surface area contributed by atoms with Crippen molar-refractivity contribution in [3.63, 3.8) is 0 Å². The van der Waals surface area contributed by atoms with Crippen molar-refractivity contribution in [3.05, 3.63) is 52.0 Å².